The zero-order valence-corrected chi connectivity index (χ0v) is 13.7. The number of fused-ring (bicyclic) bond motifs is 1. The zero-order chi connectivity index (χ0) is 17.4. The number of hydrogen-bond acceptors (Lipinski definition) is 4. The lowest BCUT2D eigenvalue weighted by atomic mass is 9.97. The van der Waals surface area contributed by atoms with Crippen LogP contribution in [0.15, 0.2) is 42.5 Å². The highest BCUT2D eigenvalue weighted by Crippen LogP contribution is 2.28. The molecule has 7 heteroatoms. The van der Waals surface area contributed by atoms with E-state index in [-0.39, 0.29) is 11.8 Å². The van der Waals surface area contributed by atoms with Gasteiger partial charge in [-0.15, -0.1) is 0 Å². The van der Waals surface area contributed by atoms with E-state index in [0.717, 1.165) is 11.1 Å². The normalized spacial score (nSPS) is 17.6. The molecule has 0 bridgehead atoms. The smallest absolute Gasteiger partial charge is 0.257 e. The first-order valence-corrected chi connectivity index (χ1v) is 8.10. The number of carbonyl (C=O) groups is 2. The van der Waals surface area contributed by atoms with Crippen LogP contribution in [0.4, 0.5) is 0 Å². The predicted octanol–water partition coefficient (Wildman–Crippen LogP) is 1.58. The van der Waals surface area contributed by atoms with Gasteiger partial charge in [0.25, 0.3) is 5.91 Å². The zero-order valence-electron chi connectivity index (χ0n) is 13.7. The van der Waals surface area contributed by atoms with E-state index in [1.807, 2.05) is 31.2 Å². The van der Waals surface area contributed by atoms with Gasteiger partial charge < -0.3 is 10.2 Å². The predicted molar refractivity (Wildman–Crippen MR) is 91.9 cm³/mol. The molecule has 126 valence electrons. The number of amides is 2. The summed E-state index contributed by atoms with van der Waals surface area (Å²) in [5.41, 5.74) is 3.39. The number of aromatic amines is 1. The van der Waals surface area contributed by atoms with Gasteiger partial charge in [0.2, 0.25) is 5.91 Å². The average molecular weight is 335 g/mol. The fourth-order valence-corrected chi connectivity index (χ4v) is 3.28. The number of piperazine rings is 1. The van der Waals surface area contributed by atoms with Gasteiger partial charge in [0.1, 0.15) is 17.1 Å². The lowest BCUT2D eigenvalue weighted by molar-refractivity contribution is -0.128. The standard InChI is InChI=1S/C18H17N5O2/c1-11-5-2-3-6-12(11)16-17(24)19-9-10-23(16)18(25)13-7-4-8-14-15(13)21-22-20-14/h2-8,16H,9-10H2,1H3,(H,19,24)(H,20,21,22)/t16-/m0/s1. The third-order valence-electron chi connectivity index (χ3n) is 4.53. The van der Waals surface area contributed by atoms with Crippen molar-refractivity contribution in [1.29, 1.82) is 0 Å². The largest absolute Gasteiger partial charge is 0.352 e. The highest BCUT2D eigenvalue weighted by Gasteiger charge is 2.36. The van der Waals surface area contributed by atoms with Crippen molar-refractivity contribution in [1.82, 2.24) is 25.6 Å². The molecule has 2 amide bonds. The number of nitrogens with zero attached hydrogens (tertiary/aromatic N) is 3. The molecule has 2 aromatic carbocycles. The lowest BCUT2D eigenvalue weighted by Crippen LogP contribution is -2.52. The van der Waals surface area contributed by atoms with Crippen molar-refractivity contribution in [2.24, 2.45) is 0 Å². The Morgan fingerprint density at radius 1 is 1.16 bits per heavy atom. The van der Waals surface area contributed by atoms with Gasteiger partial charge in [-0.3, -0.25) is 9.59 Å². The summed E-state index contributed by atoms with van der Waals surface area (Å²) in [6.45, 7) is 2.82. The minimum Gasteiger partial charge on any atom is -0.352 e. The maximum absolute atomic E-state index is 13.2. The Morgan fingerprint density at radius 2 is 2.00 bits per heavy atom. The molecular formula is C18H17N5O2. The van der Waals surface area contributed by atoms with Gasteiger partial charge in [-0.2, -0.15) is 15.4 Å². The Labute approximate surface area is 144 Å². The van der Waals surface area contributed by atoms with Crippen LogP contribution in [-0.2, 0) is 4.79 Å². The quantitative estimate of drug-likeness (QED) is 0.744. The third-order valence-corrected chi connectivity index (χ3v) is 4.53. The molecule has 1 aromatic heterocycles. The van der Waals surface area contributed by atoms with Gasteiger partial charge in [-0.1, -0.05) is 30.3 Å². The van der Waals surface area contributed by atoms with Crippen molar-refractivity contribution in [2.75, 3.05) is 13.1 Å². The van der Waals surface area contributed by atoms with Crippen LogP contribution < -0.4 is 5.32 Å². The molecule has 1 atom stereocenters. The first-order chi connectivity index (χ1) is 12.2. The molecule has 2 N–H and O–H groups in total. The second kappa shape index (κ2) is 6.01. The molecule has 1 aliphatic heterocycles. The summed E-state index contributed by atoms with van der Waals surface area (Å²) in [5, 5.41) is 13.5. The second-order valence-electron chi connectivity index (χ2n) is 6.05. The van der Waals surface area contributed by atoms with E-state index in [4.69, 9.17) is 0 Å². The van der Waals surface area contributed by atoms with E-state index in [1.165, 1.54) is 0 Å². The first kappa shape index (κ1) is 15.3. The first-order valence-electron chi connectivity index (χ1n) is 8.10. The van der Waals surface area contributed by atoms with Crippen LogP contribution in [0, 0.1) is 6.92 Å². The number of benzene rings is 2. The highest BCUT2D eigenvalue weighted by atomic mass is 16.2. The molecule has 0 saturated carbocycles. The molecule has 0 spiro atoms. The van der Waals surface area contributed by atoms with Crippen LogP contribution in [0.5, 0.6) is 0 Å². The fraction of sp³-hybridized carbons (Fsp3) is 0.222. The highest BCUT2D eigenvalue weighted by molar-refractivity contribution is 6.06. The number of rotatable bonds is 2. The Bertz CT molecular complexity index is 965. The van der Waals surface area contributed by atoms with Gasteiger partial charge in [0, 0.05) is 13.1 Å². The molecule has 0 radical (unpaired) electrons. The minimum absolute atomic E-state index is 0.166. The number of aryl methyl sites for hydroxylation is 1. The van der Waals surface area contributed by atoms with Gasteiger partial charge in [0.05, 0.1) is 5.56 Å². The van der Waals surface area contributed by atoms with E-state index >= 15 is 0 Å². The number of H-pyrrole nitrogens is 1. The van der Waals surface area contributed by atoms with E-state index in [9.17, 15) is 9.59 Å². The van der Waals surface area contributed by atoms with Gasteiger partial charge in [-0.05, 0) is 30.2 Å². The van der Waals surface area contributed by atoms with Crippen LogP contribution in [0.1, 0.15) is 27.5 Å². The molecule has 7 nitrogen and oxygen atoms in total. The molecule has 0 aliphatic carbocycles. The summed E-state index contributed by atoms with van der Waals surface area (Å²) in [5.74, 6) is -0.385. The summed E-state index contributed by atoms with van der Waals surface area (Å²) in [6.07, 6.45) is 0. The van der Waals surface area contributed by atoms with E-state index in [1.54, 1.807) is 23.1 Å². The number of para-hydroxylation sites is 1. The van der Waals surface area contributed by atoms with E-state index in [0.29, 0.717) is 29.7 Å². The monoisotopic (exact) mass is 335 g/mol. The molecule has 1 fully saturated rings. The van der Waals surface area contributed by atoms with Crippen LogP contribution in [0.3, 0.4) is 0 Å². The topological polar surface area (TPSA) is 91.0 Å². The van der Waals surface area contributed by atoms with Crippen molar-refractivity contribution in [3.8, 4) is 0 Å². The van der Waals surface area contributed by atoms with Crippen LogP contribution in [-0.4, -0.2) is 45.2 Å². The van der Waals surface area contributed by atoms with Crippen molar-refractivity contribution >= 4 is 22.8 Å². The maximum atomic E-state index is 13.2. The molecule has 1 saturated heterocycles. The summed E-state index contributed by atoms with van der Waals surface area (Å²) in [7, 11) is 0. The van der Waals surface area contributed by atoms with Crippen LogP contribution >= 0.6 is 0 Å². The fourth-order valence-electron chi connectivity index (χ4n) is 3.28. The number of hydrogen-bond donors (Lipinski definition) is 2. The molecular weight excluding hydrogens is 318 g/mol. The van der Waals surface area contributed by atoms with Crippen LogP contribution in [0.25, 0.3) is 11.0 Å². The molecule has 3 aromatic rings. The molecule has 4 rings (SSSR count). The van der Waals surface area contributed by atoms with Gasteiger partial charge in [-0.25, -0.2) is 0 Å². The van der Waals surface area contributed by atoms with Crippen molar-refractivity contribution < 1.29 is 9.59 Å². The number of nitrogens with one attached hydrogen (secondary N) is 2. The summed E-state index contributed by atoms with van der Waals surface area (Å²) in [4.78, 5) is 27.4. The SMILES string of the molecule is Cc1ccccc1[C@H]1C(=O)NCCN1C(=O)c1cccc2n[nH]nc12. The van der Waals surface area contributed by atoms with Crippen molar-refractivity contribution in [3.05, 3.63) is 59.2 Å². The van der Waals surface area contributed by atoms with E-state index < -0.39 is 6.04 Å². The second-order valence-corrected chi connectivity index (χ2v) is 6.05. The Morgan fingerprint density at radius 3 is 2.84 bits per heavy atom. The number of aromatic nitrogens is 3. The molecule has 25 heavy (non-hydrogen) atoms. The Balaban J connectivity index is 1.79. The van der Waals surface area contributed by atoms with Gasteiger partial charge in [0.15, 0.2) is 0 Å². The number of carbonyl (C=O) groups excluding carboxylic acids is 2. The van der Waals surface area contributed by atoms with Gasteiger partial charge >= 0.3 is 0 Å². The van der Waals surface area contributed by atoms with E-state index in [2.05, 4.69) is 20.7 Å². The van der Waals surface area contributed by atoms with Crippen molar-refractivity contribution in [2.45, 2.75) is 13.0 Å². The van der Waals surface area contributed by atoms with Crippen molar-refractivity contribution in [3.63, 3.8) is 0 Å². The molecule has 0 unspecified atom stereocenters. The summed E-state index contributed by atoms with van der Waals surface area (Å²) >= 11 is 0. The lowest BCUT2D eigenvalue weighted by Gasteiger charge is -2.36. The minimum atomic E-state index is -0.649. The third kappa shape index (κ3) is 2.53. The Hall–Kier alpha value is -3.22. The molecule has 2 heterocycles. The molecule has 1 aliphatic rings. The average Bonchev–Trinajstić information content (AvgIpc) is 3.10. The Kier molecular flexibility index (Phi) is 3.68. The summed E-state index contributed by atoms with van der Waals surface area (Å²) in [6, 6.07) is 12.3. The van der Waals surface area contributed by atoms with Crippen LogP contribution in [0.2, 0.25) is 0 Å². The summed E-state index contributed by atoms with van der Waals surface area (Å²) < 4.78 is 0. The maximum Gasteiger partial charge on any atom is 0.257 e.